The maximum absolute atomic E-state index is 2.94. The van der Waals surface area contributed by atoms with Crippen molar-refractivity contribution in [3.8, 4) is 0 Å². The molecule has 0 aromatic heterocycles. The Bertz CT molecular complexity index is 431. The van der Waals surface area contributed by atoms with E-state index in [0.29, 0.717) is 0 Å². The van der Waals surface area contributed by atoms with Gasteiger partial charge < -0.3 is 0 Å². The van der Waals surface area contributed by atoms with E-state index in [1.807, 2.05) is 0 Å². The summed E-state index contributed by atoms with van der Waals surface area (Å²) in [4.78, 5) is 0. The van der Waals surface area contributed by atoms with Gasteiger partial charge in [-0.25, -0.2) is 0 Å². The number of unbranched alkanes of at least 4 members (excludes halogenated alkanes) is 3. The van der Waals surface area contributed by atoms with Crippen LogP contribution in [-0.4, -0.2) is 0 Å². The number of allylic oxidation sites excluding steroid dienone is 1. The quantitative estimate of drug-likeness (QED) is 0.418. The molecular formula is C20H33P. The third kappa shape index (κ3) is 6.79. The molecule has 0 heterocycles. The van der Waals surface area contributed by atoms with Crippen molar-refractivity contribution in [2.75, 3.05) is 0 Å². The number of hydrogen-bond acceptors (Lipinski definition) is 0. The molecule has 1 rings (SSSR count). The third-order valence-corrected chi connectivity index (χ3v) is 4.50. The van der Waals surface area contributed by atoms with E-state index in [0.717, 1.165) is 0 Å². The minimum atomic E-state index is 1.20. The summed E-state index contributed by atoms with van der Waals surface area (Å²) in [5, 5.41) is 1.45. The zero-order valence-corrected chi connectivity index (χ0v) is 15.4. The Morgan fingerprint density at radius 1 is 0.952 bits per heavy atom. The SMILES string of the molecule is CCCCC(P)=Cc1cccc(CCCC)c1CCCC. The topological polar surface area (TPSA) is 0 Å². The molecule has 0 radical (unpaired) electrons. The maximum Gasteiger partial charge on any atom is -0.0219 e. The molecule has 0 nitrogen and oxygen atoms in total. The lowest BCUT2D eigenvalue weighted by Crippen LogP contribution is -1.98. The Kier molecular flexibility index (Phi) is 9.68. The van der Waals surface area contributed by atoms with Crippen LogP contribution in [0.4, 0.5) is 0 Å². The second-order valence-electron chi connectivity index (χ2n) is 6.01. The predicted molar refractivity (Wildman–Crippen MR) is 101 cm³/mol. The molecule has 1 atom stereocenters. The van der Waals surface area contributed by atoms with E-state index in [2.05, 4.69) is 54.3 Å². The third-order valence-electron chi connectivity index (χ3n) is 4.05. The predicted octanol–water partition coefficient (Wildman–Crippen LogP) is 6.78. The Balaban J connectivity index is 2.99. The van der Waals surface area contributed by atoms with Crippen molar-refractivity contribution >= 4 is 15.3 Å². The number of rotatable bonds is 10. The van der Waals surface area contributed by atoms with E-state index in [1.54, 1.807) is 11.1 Å². The van der Waals surface area contributed by atoms with Crippen LogP contribution < -0.4 is 0 Å². The lowest BCUT2D eigenvalue weighted by atomic mass is 9.93. The summed E-state index contributed by atoms with van der Waals surface area (Å²) in [7, 11) is 2.94. The van der Waals surface area contributed by atoms with Crippen molar-refractivity contribution in [1.82, 2.24) is 0 Å². The fourth-order valence-corrected chi connectivity index (χ4v) is 3.09. The molecule has 1 aromatic carbocycles. The van der Waals surface area contributed by atoms with E-state index in [1.165, 1.54) is 68.7 Å². The Morgan fingerprint density at radius 2 is 1.62 bits per heavy atom. The van der Waals surface area contributed by atoms with Crippen LogP contribution in [0.25, 0.3) is 6.08 Å². The Labute approximate surface area is 134 Å². The minimum absolute atomic E-state index is 1.20. The van der Waals surface area contributed by atoms with Crippen molar-refractivity contribution in [1.29, 1.82) is 0 Å². The van der Waals surface area contributed by atoms with Crippen LogP contribution in [0.1, 0.15) is 82.4 Å². The lowest BCUT2D eigenvalue weighted by Gasteiger charge is -2.13. The van der Waals surface area contributed by atoms with Crippen LogP contribution in [0.5, 0.6) is 0 Å². The summed E-state index contributed by atoms with van der Waals surface area (Å²) in [6.07, 6.45) is 13.8. The molecule has 118 valence electrons. The molecule has 1 heteroatoms. The smallest absolute Gasteiger partial charge is 0.0219 e. The first-order valence-electron chi connectivity index (χ1n) is 8.79. The van der Waals surface area contributed by atoms with Gasteiger partial charge in [-0.15, -0.1) is 9.24 Å². The van der Waals surface area contributed by atoms with Crippen LogP contribution in [0, 0.1) is 0 Å². The molecule has 0 spiro atoms. The first kappa shape index (κ1) is 18.4. The average molecular weight is 304 g/mol. The zero-order valence-electron chi connectivity index (χ0n) is 14.3. The van der Waals surface area contributed by atoms with Crippen molar-refractivity contribution in [3.63, 3.8) is 0 Å². The molecule has 0 aliphatic carbocycles. The second kappa shape index (κ2) is 11.0. The Hall–Kier alpha value is -0.610. The molecule has 21 heavy (non-hydrogen) atoms. The van der Waals surface area contributed by atoms with Gasteiger partial charge in [0.2, 0.25) is 0 Å². The van der Waals surface area contributed by atoms with Gasteiger partial charge in [-0.3, -0.25) is 0 Å². The van der Waals surface area contributed by atoms with Crippen molar-refractivity contribution in [2.45, 2.75) is 78.6 Å². The summed E-state index contributed by atoms with van der Waals surface area (Å²) >= 11 is 0. The average Bonchev–Trinajstić information content (AvgIpc) is 2.49. The van der Waals surface area contributed by atoms with Gasteiger partial charge in [-0.05, 0) is 55.2 Å². The summed E-state index contributed by atoms with van der Waals surface area (Å²) in [6.45, 7) is 6.82. The largest absolute Gasteiger partial charge is 0.110 e. The molecule has 0 aliphatic heterocycles. The summed E-state index contributed by atoms with van der Waals surface area (Å²) in [5.41, 5.74) is 4.63. The summed E-state index contributed by atoms with van der Waals surface area (Å²) in [6, 6.07) is 6.88. The summed E-state index contributed by atoms with van der Waals surface area (Å²) < 4.78 is 0. The van der Waals surface area contributed by atoms with Crippen molar-refractivity contribution in [2.24, 2.45) is 0 Å². The first-order chi connectivity index (χ1) is 10.2. The fourth-order valence-electron chi connectivity index (χ4n) is 2.70. The van der Waals surface area contributed by atoms with Crippen LogP contribution in [0.15, 0.2) is 23.5 Å². The van der Waals surface area contributed by atoms with Crippen LogP contribution in [-0.2, 0) is 12.8 Å². The Morgan fingerprint density at radius 3 is 2.29 bits per heavy atom. The van der Waals surface area contributed by atoms with E-state index in [4.69, 9.17) is 0 Å². The number of benzene rings is 1. The molecule has 0 saturated heterocycles. The fraction of sp³-hybridized carbons (Fsp3) is 0.600. The number of aryl methyl sites for hydroxylation is 1. The second-order valence-corrected chi connectivity index (χ2v) is 6.76. The van der Waals surface area contributed by atoms with Crippen LogP contribution >= 0.6 is 9.24 Å². The van der Waals surface area contributed by atoms with Gasteiger partial charge in [-0.2, -0.15) is 0 Å². The van der Waals surface area contributed by atoms with E-state index in [-0.39, 0.29) is 0 Å². The lowest BCUT2D eigenvalue weighted by molar-refractivity contribution is 0.757. The molecule has 0 N–H and O–H groups in total. The standard InChI is InChI=1S/C20H33P/c1-4-7-11-17-12-10-13-18(20(17)15-9-6-3)16-19(21)14-8-5-2/h10,12-13,16H,4-9,11,14-15,21H2,1-3H3. The maximum atomic E-state index is 2.94. The molecule has 0 saturated carbocycles. The highest BCUT2D eigenvalue weighted by atomic mass is 31.0. The van der Waals surface area contributed by atoms with Gasteiger partial charge in [0.05, 0.1) is 0 Å². The van der Waals surface area contributed by atoms with Crippen LogP contribution in [0.3, 0.4) is 0 Å². The molecule has 0 bridgehead atoms. The highest BCUT2D eigenvalue weighted by molar-refractivity contribution is 7.22. The van der Waals surface area contributed by atoms with Gasteiger partial charge in [0.25, 0.3) is 0 Å². The molecule has 0 aliphatic rings. The van der Waals surface area contributed by atoms with Gasteiger partial charge >= 0.3 is 0 Å². The van der Waals surface area contributed by atoms with Crippen molar-refractivity contribution < 1.29 is 0 Å². The molecular weight excluding hydrogens is 271 g/mol. The highest BCUT2D eigenvalue weighted by Crippen LogP contribution is 2.25. The monoisotopic (exact) mass is 304 g/mol. The highest BCUT2D eigenvalue weighted by Gasteiger charge is 2.07. The van der Waals surface area contributed by atoms with Gasteiger partial charge in [-0.1, -0.05) is 69.6 Å². The van der Waals surface area contributed by atoms with Crippen molar-refractivity contribution in [3.05, 3.63) is 40.2 Å². The van der Waals surface area contributed by atoms with Crippen LogP contribution in [0.2, 0.25) is 0 Å². The van der Waals surface area contributed by atoms with E-state index in [9.17, 15) is 0 Å². The summed E-state index contributed by atoms with van der Waals surface area (Å²) in [5.74, 6) is 0. The van der Waals surface area contributed by atoms with E-state index < -0.39 is 0 Å². The molecule has 0 amide bonds. The van der Waals surface area contributed by atoms with E-state index >= 15 is 0 Å². The zero-order chi connectivity index (χ0) is 15.5. The van der Waals surface area contributed by atoms with Gasteiger partial charge in [0, 0.05) is 0 Å². The minimum Gasteiger partial charge on any atom is -0.110 e. The first-order valence-corrected chi connectivity index (χ1v) is 9.37. The normalized spacial score (nSPS) is 11.9. The molecule has 0 fully saturated rings. The molecule has 1 aromatic rings. The van der Waals surface area contributed by atoms with Gasteiger partial charge in [0.1, 0.15) is 0 Å². The molecule has 1 unspecified atom stereocenters. The number of hydrogen-bond donors (Lipinski definition) is 0. The van der Waals surface area contributed by atoms with Gasteiger partial charge in [0.15, 0.2) is 0 Å².